The van der Waals surface area contributed by atoms with Gasteiger partial charge in [0.05, 0.1) is 12.8 Å². The van der Waals surface area contributed by atoms with Crippen molar-refractivity contribution in [2.24, 2.45) is 0 Å². The molecule has 0 fully saturated rings. The van der Waals surface area contributed by atoms with Gasteiger partial charge < -0.3 is 9.84 Å². The van der Waals surface area contributed by atoms with Gasteiger partial charge in [0.1, 0.15) is 16.7 Å². The van der Waals surface area contributed by atoms with Gasteiger partial charge in [0.15, 0.2) is 0 Å². The van der Waals surface area contributed by atoms with Crippen molar-refractivity contribution in [2.45, 2.75) is 30.7 Å². The van der Waals surface area contributed by atoms with Crippen LogP contribution < -0.4 is 20.3 Å². The summed E-state index contributed by atoms with van der Waals surface area (Å²) in [5.41, 5.74) is 6.21. The van der Waals surface area contributed by atoms with Gasteiger partial charge in [0.25, 0.3) is 0 Å². The van der Waals surface area contributed by atoms with Gasteiger partial charge in [-0.3, -0.25) is 20.4 Å². The number of carbonyl (C=O) groups is 2. The predicted molar refractivity (Wildman–Crippen MR) is 117 cm³/mol. The number of hydrogen-bond donors (Lipinski definition) is 4. The van der Waals surface area contributed by atoms with Gasteiger partial charge in [-0.15, -0.1) is 0 Å². The lowest BCUT2D eigenvalue weighted by atomic mass is 10.1. The molecule has 4 N–H and O–H groups in total. The first-order valence-corrected chi connectivity index (χ1v) is 11.2. The lowest BCUT2D eigenvalue weighted by Gasteiger charge is -2.17. The second kappa shape index (κ2) is 10.7. The number of ether oxygens (including phenoxy) is 1. The molecule has 0 aliphatic carbocycles. The Morgan fingerprint density at radius 3 is 2.39 bits per heavy atom. The van der Waals surface area contributed by atoms with Crippen molar-refractivity contribution in [3.05, 3.63) is 52.0 Å². The van der Waals surface area contributed by atoms with Crippen molar-refractivity contribution >= 4 is 50.8 Å². The molecule has 0 aromatic heterocycles. The quantitative estimate of drug-likeness (QED) is 0.376. The number of methoxy groups -OCH3 is 1. The molecule has 0 aliphatic rings. The first kappa shape index (κ1) is 24.7. The third-order valence-electron chi connectivity index (χ3n) is 4.18. The summed E-state index contributed by atoms with van der Waals surface area (Å²) < 4.78 is 32.6. The highest BCUT2D eigenvalue weighted by Crippen LogP contribution is 2.30. The van der Waals surface area contributed by atoms with Crippen LogP contribution in [-0.2, 0) is 19.6 Å². The molecule has 2 aromatic rings. The van der Waals surface area contributed by atoms with Crippen LogP contribution in [0.1, 0.15) is 18.4 Å². The van der Waals surface area contributed by atoms with Crippen LogP contribution in [0.4, 0.5) is 5.69 Å². The molecule has 0 aliphatic heterocycles. The molecule has 9 nitrogen and oxygen atoms in total. The van der Waals surface area contributed by atoms with Crippen molar-refractivity contribution in [3.8, 4) is 5.75 Å². The summed E-state index contributed by atoms with van der Waals surface area (Å²) in [5.74, 6) is -1.95. The second-order valence-electron chi connectivity index (χ2n) is 6.48. The molecule has 0 saturated carbocycles. The number of anilines is 1. The second-order valence-corrected chi connectivity index (χ2v) is 9.01. The Labute approximate surface area is 189 Å². The fourth-order valence-electron chi connectivity index (χ4n) is 2.50. The van der Waals surface area contributed by atoms with E-state index in [0.29, 0.717) is 16.3 Å². The minimum absolute atomic E-state index is 0.0171. The molecular formula is C19H21Cl2N3O6S. The molecule has 1 atom stereocenters. The number of rotatable bonds is 10. The maximum absolute atomic E-state index is 12.7. The molecule has 0 bridgehead atoms. The maximum atomic E-state index is 12.7. The number of aryl methyl sites for hydroxylation is 1. The van der Waals surface area contributed by atoms with E-state index in [1.807, 2.05) is 0 Å². The largest absolute Gasteiger partial charge is 0.495 e. The highest BCUT2D eigenvalue weighted by molar-refractivity contribution is 7.89. The molecule has 0 spiro atoms. The van der Waals surface area contributed by atoms with E-state index in [1.54, 1.807) is 31.2 Å². The molecule has 31 heavy (non-hydrogen) atoms. The minimum Gasteiger partial charge on any atom is -0.495 e. The zero-order chi connectivity index (χ0) is 23.2. The van der Waals surface area contributed by atoms with Crippen LogP contribution in [0, 0.1) is 6.92 Å². The maximum Gasteiger partial charge on any atom is 0.321 e. The summed E-state index contributed by atoms with van der Waals surface area (Å²) in [4.78, 5) is 23.3. The highest BCUT2D eigenvalue weighted by atomic mass is 35.5. The molecule has 12 heteroatoms. The van der Waals surface area contributed by atoms with E-state index in [4.69, 9.17) is 27.9 Å². The van der Waals surface area contributed by atoms with Crippen LogP contribution in [0.3, 0.4) is 0 Å². The molecule has 2 rings (SSSR count). The molecule has 0 heterocycles. The summed E-state index contributed by atoms with van der Waals surface area (Å²) in [6.07, 6.45) is -0.545. The Bertz CT molecular complexity index is 1060. The highest BCUT2D eigenvalue weighted by Gasteiger charge is 2.28. The molecular weight excluding hydrogens is 469 g/mol. The van der Waals surface area contributed by atoms with E-state index in [0.717, 1.165) is 0 Å². The van der Waals surface area contributed by atoms with Crippen LogP contribution in [-0.4, -0.2) is 38.6 Å². The van der Waals surface area contributed by atoms with Crippen molar-refractivity contribution in [1.82, 2.24) is 10.1 Å². The van der Waals surface area contributed by atoms with Crippen molar-refractivity contribution < 1.29 is 27.9 Å². The van der Waals surface area contributed by atoms with E-state index in [9.17, 15) is 23.1 Å². The van der Waals surface area contributed by atoms with Crippen LogP contribution in [0.5, 0.6) is 5.75 Å². The average molecular weight is 490 g/mol. The smallest absolute Gasteiger partial charge is 0.321 e. The summed E-state index contributed by atoms with van der Waals surface area (Å²) in [5, 5.41) is 10.1. The minimum atomic E-state index is -4.29. The van der Waals surface area contributed by atoms with Crippen LogP contribution in [0.25, 0.3) is 0 Å². The number of carbonyl (C=O) groups excluding carboxylic acids is 1. The Morgan fingerprint density at radius 2 is 1.81 bits per heavy atom. The van der Waals surface area contributed by atoms with Gasteiger partial charge in [-0.25, -0.2) is 8.42 Å². The lowest BCUT2D eigenvalue weighted by Crippen LogP contribution is -2.42. The Kier molecular flexibility index (Phi) is 8.52. The number of carboxylic acids is 1. The summed E-state index contributed by atoms with van der Waals surface area (Å²) >= 11 is 11.8. The van der Waals surface area contributed by atoms with E-state index >= 15 is 0 Å². The number of carboxylic acid groups (broad SMARTS) is 1. The van der Waals surface area contributed by atoms with Gasteiger partial charge in [-0.1, -0.05) is 23.2 Å². The third-order valence-corrected chi connectivity index (χ3v) is 6.33. The topological polar surface area (TPSA) is 134 Å². The lowest BCUT2D eigenvalue weighted by molar-refractivity contribution is -0.139. The standard InChI is InChI=1S/C19H21Cl2N3O6S/c1-11-9-16(30-2)17(10-14(11)21)31(28,29)24-15(19(26)27)7-8-18(25)23-22-13-5-3-12(20)4-6-13/h3-6,9-10,15,22,24H,7-8H2,1-2H3,(H,23,25)(H,26,27). The van der Waals surface area contributed by atoms with Gasteiger partial charge in [-0.05, 0) is 55.3 Å². The Balaban J connectivity index is 2.04. The fourth-order valence-corrected chi connectivity index (χ4v) is 4.26. The number of halogens is 2. The van der Waals surface area contributed by atoms with Crippen LogP contribution in [0.2, 0.25) is 10.0 Å². The van der Waals surface area contributed by atoms with E-state index in [1.165, 1.54) is 19.2 Å². The summed E-state index contributed by atoms with van der Waals surface area (Å²) in [6, 6.07) is 7.58. The zero-order valence-corrected chi connectivity index (χ0v) is 18.9. The van der Waals surface area contributed by atoms with Crippen molar-refractivity contribution in [3.63, 3.8) is 0 Å². The van der Waals surface area contributed by atoms with Gasteiger partial charge in [0, 0.05) is 16.5 Å². The molecule has 0 saturated heterocycles. The molecule has 168 valence electrons. The normalized spacial score (nSPS) is 12.1. The van der Waals surface area contributed by atoms with Gasteiger partial charge in [-0.2, -0.15) is 4.72 Å². The van der Waals surface area contributed by atoms with Crippen LogP contribution in [0.15, 0.2) is 41.3 Å². The van der Waals surface area contributed by atoms with Gasteiger partial charge in [0.2, 0.25) is 15.9 Å². The number of amides is 1. The Hall–Kier alpha value is -2.53. The monoisotopic (exact) mass is 489 g/mol. The number of sulfonamides is 1. The van der Waals surface area contributed by atoms with Crippen LogP contribution >= 0.6 is 23.2 Å². The van der Waals surface area contributed by atoms with Crippen molar-refractivity contribution in [1.29, 1.82) is 0 Å². The third kappa shape index (κ3) is 7.00. The average Bonchev–Trinajstić information content (AvgIpc) is 2.71. The van der Waals surface area contributed by atoms with Crippen molar-refractivity contribution in [2.75, 3.05) is 12.5 Å². The Morgan fingerprint density at radius 1 is 1.16 bits per heavy atom. The number of hydrazine groups is 1. The molecule has 2 aromatic carbocycles. The number of nitrogens with one attached hydrogen (secondary N) is 3. The van der Waals surface area contributed by atoms with E-state index < -0.39 is 27.9 Å². The number of benzene rings is 2. The van der Waals surface area contributed by atoms with Gasteiger partial charge >= 0.3 is 5.97 Å². The zero-order valence-electron chi connectivity index (χ0n) is 16.6. The number of hydrogen-bond acceptors (Lipinski definition) is 6. The first-order valence-electron chi connectivity index (χ1n) is 8.93. The number of aliphatic carboxylic acids is 1. The first-order chi connectivity index (χ1) is 14.5. The summed E-state index contributed by atoms with van der Waals surface area (Å²) in [6.45, 7) is 1.67. The summed E-state index contributed by atoms with van der Waals surface area (Å²) in [7, 11) is -3.01. The molecule has 0 radical (unpaired) electrons. The fraction of sp³-hybridized carbons (Fsp3) is 0.263. The SMILES string of the molecule is COc1cc(C)c(Cl)cc1S(=O)(=O)NC(CCC(=O)NNc1ccc(Cl)cc1)C(=O)O. The van der Waals surface area contributed by atoms with E-state index in [2.05, 4.69) is 15.6 Å². The molecule has 1 unspecified atom stereocenters. The molecule has 1 amide bonds. The predicted octanol–water partition coefficient (Wildman–Crippen LogP) is 2.97. The van der Waals surface area contributed by atoms with E-state index in [-0.39, 0.29) is 28.5 Å².